The van der Waals surface area contributed by atoms with Crippen molar-refractivity contribution in [2.75, 3.05) is 0 Å². The third kappa shape index (κ3) is 2.10. The zero-order valence-electron chi connectivity index (χ0n) is 5.64. The van der Waals surface area contributed by atoms with Crippen LogP contribution in [-0.2, 0) is 0 Å². The summed E-state index contributed by atoms with van der Waals surface area (Å²) in [5.41, 5.74) is 0. The Kier molecular flexibility index (Phi) is 2.43. The molecule has 0 aromatic carbocycles. The van der Waals surface area contributed by atoms with Crippen LogP contribution < -0.4 is 0 Å². The molecule has 0 heterocycles. The van der Waals surface area contributed by atoms with Gasteiger partial charge in [0.25, 0.3) is 0 Å². The molecule has 0 saturated heterocycles. The maximum atomic E-state index is 9.07. The van der Waals surface area contributed by atoms with Gasteiger partial charge in [-0.05, 0) is 0 Å². The lowest BCUT2D eigenvalue weighted by molar-refractivity contribution is 0.0746. The van der Waals surface area contributed by atoms with Gasteiger partial charge in [-0.1, -0.05) is 12.2 Å². The molecule has 0 amide bonds. The molecule has 10 heavy (non-hydrogen) atoms. The van der Waals surface area contributed by atoms with Gasteiger partial charge >= 0.3 is 0 Å². The molecule has 0 aromatic heterocycles. The molecule has 3 atom stereocenters. The maximum Gasteiger partial charge on any atom is 0.0746 e. The van der Waals surface area contributed by atoms with Crippen LogP contribution in [0.5, 0.6) is 0 Å². The van der Waals surface area contributed by atoms with E-state index in [0.29, 0.717) is 12.8 Å². The molecular formula is C7H12O3. The van der Waals surface area contributed by atoms with Crippen molar-refractivity contribution in [2.45, 2.75) is 31.2 Å². The molecule has 0 radical (unpaired) electrons. The largest absolute Gasteiger partial charge is 0.393 e. The summed E-state index contributed by atoms with van der Waals surface area (Å²) in [5.74, 6) is 0. The SMILES string of the molecule is OC1C[C@H](O)C=C[C@H](O)C1. The summed E-state index contributed by atoms with van der Waals surface area (Å²) in [7, 11) is 0. The number of aliphatic hydroxyl groups excluding tert-OH is 3. The lowest BCUT2D eigenvalue weighted by Gasteiger charge is -2.09. The van der Waals surface area contributed by atoms with Crippen molar-refractivity contribution < 1.29 is 15.3 Å². The Hall–Kier alpha value is -0.380. The van der Waals surface area contributed by atoms with Crippen molar-refractivity contribution in [1.82, 2.24) is 0 Å². The second kappa shape index (κ2) is 3.14. The van der Waals surface area contributed by atoms with Gasteiger partial charge in [0.2, 0.25) is 0 Å². The van der Waals surface area contributed by atoms with Crippen LogP contribution in [0.2, 0.25) is 0 Å². The van der Waals surface area contributed by atoms with Crippen molar-refractivity contribution in [3.8, 4) is 0 Å². The monoisotopic (exact) mass is 144 g/mol. The summed E-state index contributed by atoms with van der Waals surface area (Å²) in [6.45, 7) is 0. The van der Waals surface area contributed by atoms with E-state index in [9.17, 15) is 0 Å². The second-order valence-corrected chi connectivity index (χ2v) is 2.64. The molecule has 0 spiro atoms. The van der Waals surface area contributed by atoms with Crippen LogP contribution in [0, 0.1) is 0 Å². The van der Waals surface area contributed by atoms with Crippen molar-refractivity contribution >= 4 is 0 Å². The predicted molar refractivity (Wildman–Crippen MR) is 36.4 cm³/mol. The summed E-state index contributed by atoms with van der Waals surface area (Å²) < 4.78 is 0. The van der Waals surface area contributed by atoms with Gasteiger partial charge in [-0.2, -0.15) is 0 Å². The van der Waals surface area contributed by atoms with E-state index in [0.717, 1.165) is 0 Å². The van der Waals surface area contributed by atoms with Crippen molar-refractivity contribution in [2.24, 2.45) is 0 Å². The van der Waals surface area contributed by atoms with Crippen LogP contribution in [0.3, 0.4) is 0 Å². The highest BCUT2D eigenvalue weighted by Crippen LogP contribution is 2.12. The minimum absolute atomic E-state index is 0.327. The molecule has 1 unspecified atom stereocenters. The molecule has 3 nitrogen and oxygen atoms in total. The van der Waals surface area contributed by atoms with E-state index >= 15 is 0 Å². The summed E-state index contributed by atoms with van der Waals surface area (Å²) >= 11 is 0. The smallest absolute Gasteiger partial charge is 0.0746 e. The highest BCUT2D eigenvalue weighted by atomic mass is 16.3. The third-order valence-corrected chi connectivity index (χ3v) is 1.58. The Balaban J connectivity index is 2.51. The summed E-state index contributed by atoms with van der Waals surface area (Å²) in [6.07, 6.45) is 1.89. The van der Waals surface area contributed by atoms with Crippen LogP contribution >= 0.6 is 0 Å². The van der Waals surface area contributed by atoms with E-state index in [1.165, 1.54) is 12.2 Å². The molecule has 0 bridgehead atoms. The predicted octanol–water partition coefficient (Wildman–Crippen LogP) is -0.581. The molecule has 0 aromatic rings. The van der Waals surface area contributed by atoms with Crippen LogP contribution in [0.4, 0.5) is 0 Å². The van der Waals surface area contributed by atoms with Gasteiger partial charge in [0, 0.05) is 12.8 Å². The van der Waals surface area contributed by atoms with Gasteiger partial charge in [0.1, 0.15) is 0 Å². The van der Waals surface area contributed by atoms with E-state index < -0.39 is 18.3 Å². The van der Waals surface area contributed by atoms with Crippen LogP contribution in [0.15, 0.2) is 12.2 Å². The molecule has 1 rings (SSSR count). The molecule has 58 valence electrons. The van der Waals surface area contributed by atoms with Gasteiger partial charge in [-0.3, -0.25) is 0 Å². The highest BCUT2D eigenvalue weighted by Gasteiger charge is 2.16. The Labute approximate surface area is 59.6 Å². The number of hydrogen-bond donors (Lipinski definition) is 3. The van der Waals surface area contributed by atoms with Crippen molar-refractivity contribution in [3.63, 3.8) is 0 Å². The highest BCUT2D eigenvalue weighted by molar-refractivity contribution is 4.98. The Bertz CT molecular complexity index is 119. The average Bonchev–Trinajstić information content (AvgIpc) is 1.93. The van der Waals surface area contributed by atoms with E-state index in [-0.39, 0.29) is 0 Å². The van der Waals surface area contributed by atoms with E-state index in [1.807, 2.05) is 0 Å². The minimum atomic E-state index is -0.604. The van der Waals surface area contributed by atoms with E-state index in [2.05, 4.69) is 0 Å². The minimum Gasteiger partial charge on any atom is -0.393 e. The fourth-order valence-electron chi connectivity index (χ4n) is 1.07. The van der Waals surface area contributed by atoms with Gasteiger partial charge < -0.3 is 15.3 Å². The quantitative estimate of drug-likeness (QED) is 0.398. The van der Waals surface area contributed by atoms with Crippen molar-refractivity contribution in [1.29, 1.82) is 0 Å². The second-order valence-electron chi connectivity index (χ2n) is 2.64. The summed E-state index contributed by atoms with van der Waals surface area (Å²) in [4.78, 5) is 0. The average molecular weight is 144 g/mol. The molecule has 3 heteroatoms. The Morgan fingerprint density at radius 1 is 0.900 bits per heavy atom. The summed E-state index contributed by atoms with van der Waals surface area (Å²) in [5, 5.41) is 27.1. The zero-order valence-corrected chi connectivity index (χ0v) is 5.64. The summed E-state index contributed by atoms with van der Waals surface area (Å²) in [6, 6.07) is 0. The molecule has 0 saturated carbocycles. The Morgan fingerprint density at radius 2 is 1.30 bits per heavy atom. The first-order valence-corrected chi connectivity index (χ1v) is 3.41. The fourth-order valence-corrected chi connectivity index (χ4v) is 1.07. The zero-order chi connectivity index (χ0) is 7.56. The first-order valence-electron chi connectivity index (χ1n) is 3.41. The molecule has 3 N–H and O–H groups in total. The molecule has 1 aliphatic carbocycles. The van der Waals surface area contributed by atoms with E-state index in [4.69, 9.17) is 15.3 Å². The number of rotatable bonds is 0. The molecular weight excluding hydrogens is 132 g/mol. The van der Waals surface area contributed by atoms with Crippen molar-refractivity contribution in [3.05, 3.63) is 12.2 Å². The molecule has 1 aliphatic rings. The lowest BCUT2D eigenvalue weighted by atomic mass is 10.1. The van der Waals surface area contributed by atoms with Gasteiger partial charge in [0.15, 0.2) is 0 Å². The maximum absolute atomic E-state index is 9.07. The molecule has 0 fully saturated rings. The van der Waals surface area contributed by atoms with Gasteiger partial charge in [-0.25, -0.2) is 0 Å². The first-order chi connectivity index (χ1) is 4.68. The van der Waals surface area contributed by atoms with E-state index in [1.54, 1.807) is 0 Å². The van der Waals surface area contributed by atoms with Crippen LogP contribution in [0.1, 0.15) is 12.8 Å². The topological polar surface area (TPSA) is 60.7 Å². The Morgan fingerprint density at radius 3 is 1.70 bits per heavy atom. The van der Waals surface area contributed by atoms with Gasteiger partial charge in [-0.15, -0.1) is 0 Å². The fraction of sp³-hybridized carbons (Fsp3) is 0.714. The standard InChI is InChI=1S/C7H12O3/c8-5-1-2-6(9)4-7(10)3-5/h1-2,5-10H,3-4H2/t5-,6+,7?. The molecule has 0 aliphatic heterocycles. The third-order valence-electron chi connectivity index (χ3n) is 1.58. The normalized spacial score (nSPS) is 41.3. The number of hydrogen-bond acceptors (Lipinski definition) is 3. The number of aliphatic hydroxyl groups is 3. The van der Waals surface area contributed by atoms with Crippen LogP contribution in [0.25, 0.3) is 0 Å². The van der Waals surface area contributed by atoms with Gasteiger partial charge in [0.05, 0.1) is 18.3 Å². The van der Waals surface area contributed by atoms with Crippen LogP contribution in [-0.4, -0.2) is 33.6 Å². The lowest BCUT2D eigenvalue weighted by Crippen LogP contribution is -2.17. The first kappa shape index (κ1) is 7.72.